The first-order valence-corrected chi connectivity index (χ1v) is 7.98. The molecule has 2 heterocycles. The third kappa shape index (κ3) is 4.56. The van der Waals surface area contributed by atoms with E-state index in [0.29, 0.717) is 18.6 Å². The lowest BCUT2D eigenvalue weighted by Crippen LogP contribution is -2.24. The lowest BCUT2D eigenvalue weighted by Gasteiger charge is -2.21. The van der Waals surface area contributed by atoms with E-state index in [-0.39, 0.29) is 0 Å². The predicted molar refractivity (Wildman–Crippen MR) is 86.8 cm³/mol. The van der Waals surface area contributed by atoms with E-state index >= 15 is 0 Å². The molecule has 0 amide bonds. The van der Waals surface area contributed by atoms with Gasteiger partial charge >= 0.3 is 0 Å². The molecule has 0 bridgehead atoms. The molecule has 0 radical (unpaired) electrons. The van der Waals surface area contributed by atoms with Gasteiger partial charge in [-0.05, 0) is 25.2 Å². The van der Waals surface area contributed by atoms with E-state index in [2.05, 4.69) is 47.0 Å². The Hall–Kier alpha value is -1.36. The standard InChI is InChI=1S/C16H28N4O/c1-5-8-17-13-10-15(19-14(18-13)11-21-6-2)20-9-7-16(3,4)12-20/h10H,5-9,11-12H2,1-4H3,(H,17,18,19). The zero-order valence-corrected chi connectivity index (χ0v) is 13.8. The summed E-state index contributed by atoms with van der Waals surface area (Å²) in [5, 5.41) is 3.36. The molecule has 1 N–H and O–H groups in total. The van der Waals surface area contributed by atoms with Crippen molar-refractivity contribution in [3.8, 4) is 0 Å². The highest BCUT2D eigenvalue weighted by atomic mass is 16.5. The predicted octanol–water partition coefficient (Wildman–Crippen LogP) is 3.07. The topological polar surface area (TPSA) is 50.3 Å². The Morgan fingerprint density at radius 2 is 2.14 bits per heavy atom. The van der Waals surface area contributed by atoms with Crippen LogP contribution in [0.3, 0.4) is 0 Å². The highest BCUT2D eigenvalue weighted by molar-refractivity contribution is 5.50. The molecular formula is C16H28N4O. The molecule has 2 rings (SSSR count). The van der Waals surface area contributed by atoms with E-state index in [1.165, 1.54) is 6.42 Å². The van der Waals surface area contributed by atoms with E-state index < -0.39 is 0 Å². The van der Waals surface area contributed by atoms with Gasteiger partial charge in [-0.25, -0.2) is 9.97 Å². The minimum absolute atomic E-state index is 0.363. The number of nitrogens with zero attached hydrogens (tertiary/aromatic N) is 3. The second-order valence-electron chi connectivity index (χ2n) is 6.43. The largest absolute Gasteiger partial charge is 0.374 e. The Bertz CT molecular complexity index is 435. The Labute approximate surface area is 128 Å². The minimum atomic E-state index is 0.363. The monoisotopic (exact) mass is 292 g/mol. The second kappa shape index (κ2) is 7.07. The quantitative estimate of drug-likeness (QED) is 0.837. The molecule has 21 heavy (non-hydrogen) atoms. The van der Waals surface area contributed by atoms with Crippen molar-refractivity contribution in [2.24, 2.45) is 5.41 Å². The first-order chi connectivity index (χ1) is 10.0. The fraction of sp³-hybridized carbons (Fsp3) is 0.750. The summed E-state index contributed by atoms with van der Waals surface area (Å²) in [6, 6.07) is 2.06. The van der Waals surface area contributed by atoms with Crippen LogP contribution in [0.15, 0.2) is 6.07 Å². The second-order valence-corrected chi connectivity index (χ2v) is 6.43. The van der Waals surface area contributed by atoms with Gasteiger partial charge < -0.3 is 15.0 Å². The average molecular weight is 292 g/mol. The van der Waals surface area contributed by atoms with E-state index in [9.17, 15) is 0 Å². The molecule has 118 valence electrons. The van der Waals surface area contributed by atoms with Crippen LogP contribution in [0.5, 0.6) is 0 Å². The Kier molecular flexibility index (Phi) is 5.39. The van der Waals surface area contributed by atoms with Crippen LogP contribution in [-0.4, -0.2) is 36.2 Å². The van der Waals surface area contributed by atoms with Crippen LogP contribution in [0, 0.1) is 5.41 Å². The van der Waals surface area contributed by atoms with Crippen LogP contribution in [0.25, 0.3) is 0 Å². The summed E-state index contributed by atoms with van der Waals surface area (Å²) in [6.45, 7) is 13.0. The molecule has 0 saturated carbocycles. The van der Waals surface area contributed by atoms with Crippen LogP contribution in [-0.2, 0) is 11.3 Å². The van der Waals surface area contributed by atoms with E-state index in [0.717, 1.165) is 43.5 Å². The minimum Gasteiger partial charge on any atom is -0.374 e. The van der Waals surface area contributed by atoms with Crippen LogP contribution in [0.2, 0.25) is 0 Å². The van der Waals surface area contributed by atoms with Gasteiger partial charge in [0.25, 0.3) is 0 Å². The summed E-state index contributed by atoms with van der Waals surface area (Å²) in [5.41, 5.74) is 0.363. The molecule has 1 aromatic heterocycles. The van der Waals surface area contributed by atoms with E-state index in [1.807, 2.05) is 6.92 Å². The summed E-state index contributed by atoms with van der Waals surface area (Å²) in [4.78, 5) is 11.6. The normalized spacial score (nSPS) is 17.2. The molecule has 5 heteroatoms. The highest BCUT2D eigenvalue weighted by Gasteiger charge is 2.30. The number of aromatic nitrogens is 2. The molecule has 0 aromatic carbocycles. The van der Waals surface area contributed by atoms with E-state index in [1.54, 1.807) is 0 Å². The summed E-state index contributed by atoms with van der Waals surface area (Å²) < 4.78 is 5.47. The van der Waals surface area contributed by atoms with Gasteiger partial charge in [0.15, 0.2) is 5.82 Å². The molecule has 1 aromatic rings. The third-order valence-corrected chi connectivity index (χ3v) is 3.75. The third-order valence-electron chi connectivity index (χ3n) is 3.75. The molecular weight excluding hydrogens is 264 g/mol. The SMILES string of the molecule is CCCNc1cc(N2CCC(C)(C)C2)nc(COCC)n1. The Morgan fingerprint density at radius 1 is 1.33 bits per heavy atom. The first kappa shape index (κ1) is 16.0. The zero-order valence-electron chi connectivity index (χ0n) is 13.8. The van der Waals surface area contributed by atoms with Crippen LogP contribution < -0.4 is 10.2 Å². The summed E-state index contributed by atoms with van der Waals surface area (Å²) in [5.74, 6) is 2.68. The van der Waals surface area contributed by atoms with Gasteiger partial charge in [-0.3, -0.25) is 0 Å². The summed E-state index contributed by atoms with van der Waals surface area (Å²) in [7, 11) is 0. The first-order valence-electron chi connectivity index (χ1n) is 7.98. The van der Waals surface area contributed by atoms with Crippen LogP contribution in [0.4, 0.5) is 11.6 Å². The zero-order chi connectivity index (χ0) is 15.3. The van der Waals surface area contributed by atoms with Crippen molar-refractivity contribution in [2.75, 3.05) is 36.5 Å². The maximum absolute atomic E-state index is 5.47. The van der Waals surface area contributed by atoms with Gasteiger partial charge in [-0.15, -0.1) is 0 Å². The van der Waals surface area contributed by atoms with Gasteiger partial charge in [0, 0.05) is 32.3 Å². The van der Waals surface area contributed by atoms with Crippen molar-refractivity contribution in [1.29, 1.82) is 0 Å². The van der Waals surface area contributed by atoms with Crippen LogP contribution >= 0.6 is 0 Å². The molecule has 0 atom stereocenters. The summed E-state index contributed by atoms with van der Waals surface area (Å²) in [6.07, 6.45) is 2.28. The van der Waals surface area contributed by atoms with Crippen LogP contribution in [0.1, 0.15) is 46.4 Å². The molecule has 1 saturated heterocycles. The number of hydrogen-bond acceptors (Lipinski definition) is 5. The van der Waals surface area contributed by atoms with Gasteiger partial charge in [0.1, 0.15) is 18.2 Å². The van der Waals surface area contributed by atoms with Gasteiger partial charge in [0.2, 0.25) is 0 Å². The molecule has 0 aliphatic carbocycles. The van der Waals surface area contributed by atoms with Crippen molar-refractivity contribution >= 4 is 11.6 Å². The molecule has 0 unspecified atom stereocenters. The van der Waals surface area contributed by atoms with Gasteiger partial charge in [0.05, 0.1) is 0 Å². The number of nitrogens with one attached hydrogen (secondary N) is 1. The van der Waals surface area contributed by atoms with Crippen molar-refractivity contribution in [3.05, 3.63) is 11.9 Å². The van der Waals surface area contributed by atoms with Crippen molar-refractivity contribution < 1.29 is 4.74 Å². The summed E-state index contributed by atoms with van der Waals surface area (Å²) >= 11 is 0. The van der Waals surface area contributed by atoms with Gasteiger partial charge in [-0.2, -0.15) is 0 Å². The lowest BCUT2D eigenvalue weighted by molar-refractivity contribution is 0.128. The number of rotatable bonds is 7. The number of ether oxygens (including phenoxy) is 1. The van der Waals surface area contributed by atoms with Crippen molar-refractivity contribution in [3.63, 3.8) is 0 Å². The van der Waals surface area contributed by atoms with Gasteiger partial charge in [-0.1, -0.05) is 20.8 Å². The number of hydrogen-bond donors (Lipinski definition) is 1. The smallest absolute Gasteiger partial charge is 0.158 e. The molecule has 1 aliphatic rings. The maximum Gasteiger partial charge on any atom is 0.158 e. The fourth-order valence-corrected chi connectivity index (χ4v) is 2.55. The van der Waals surface area contributed by atoms with Crippen molar-refractivity contribution in [2.45, 2.75) is 47.1 Å². The van der Waals surface area contributed by atoms with Crippen molar-refractivity contribution in [1.82, 2.24) is 9.97 Å². The lowest BCUT2D eigenvalue weighted by atomic mass is 9.93. The van der Waals surface area contributed by atoms with E-state index in [4.69, 9.17) is 4.74 Å². The average Bonchev–Trinajstić information content (AvgIpc) is 2.83. The maximum atomic E-state index is 5.47. The Balaban J connectivity index is 2.18. The highest BCUT2D eigenvalue weighted by Crippen LogP contribution is 2.32. The molecule has 5 nitrogen and oxygen atoms in total. The fourth-order valence-electron chi connectivity index (χ4n) is 2.55. The molecule has 1 fully saturated rings. The molecule has 1 aliphatic heterocycles. The number of anilines is 2. The Morgan fingerprint density at radius 3 is 2.76 bits per heavy atom. The molecule has 0 spiro atoms.